The minimum atomic E-state index is -0.937. The summed E-state index contributed by atoms with van der Waals surface area (Å²) in [6, 6.07) is 15.7. The SMILES string of the molecule is O=C(NCC1CCCC(C(=O)N2CSCC2C(=O)O)C1)OCC1c2ccccc2-c2ccccc21. The second-order valence-electron chi connectivity index (χ2n) is 9.60. The monoisotopic (exact) mass is 494 g/mol. The van der Waals surface area contributed by atoms with Gasteiger partial charge in [0.15, 0.2) is 0 Å². The van der Waals surface area contributed by atoms with Crippen LogP contribution in [0.15, 0.2) is 48.5 Å². The number of fused-ring (bicyclic) bond motifs is 3. The van der Waals surface area contributed by atoms with Crippen LogP contribution >= 0.6 is 11.8 Å². The molecular formula is C27H30N2O5S. The molecule has 1 heterocycles. The fourth-order valence-corrected chi connectivity index (χ4v) is 6.83. The van der Waals surface area contributed by atoms with Gasteiger partial charge in [0.2, 0.25) is 5.91 Å². The first-order valence-corrected chi connectivity index (χ1v) is 13.4. The molecule has 0 radical (unpaired) electrons. The van der Waals surface area contributed by atoms with Crippen molar-refractivity contribution in [1.29, 1.82) is 0 Å². The van der Waals surface area contributed by atoms with Gasteiger partial charge in [0.1, 0.15) is 12.6 Å². The van der Waals surface area contributed by atoms with Crippen molar-refractivity contribution in [2.75, 3.05) is 24.8 Å². The number of nitrogens with zero attached hydrogens (tertiary/aromatic N) is 1. The van der Waals surface area contributed by atoms with E-state index in [1.165, 1.54) is 38.9 Å². The van der Waals surface area contributed by atoms with Gasteiger partial charge < -0.3 is 20.1 Å². The van der Waals surface area contributed by atoms with E-state index < -0.39 is 18.1 Å². The summed E-state index contributed by atoms with van der Waals surface area (Å²) in [4.78, 5) is 38.5. The van der Waals surface area contributed by atoms with E-state index in [-0.39, 0.29) is 30.3 Å². The van der Waals surface area contributed by atoms with Gasteiger partial charge in [0, 0.05) is 24.1 Å². The van der Waals surface area contributed by atoms with E-state index in [0.717, 1.165) is 19.3 Å². The Balaban J connectivity index is 1.13. The Morgan fingerprint density at radius 2 is 1.71 bits per heavy atom. The molecule has 0 aromatic heterocycles. The van der Waals surface area contributed by atoms with E-state index in [0.29, 0.717) is 24.6 Å². The second kappa shape index (κ2) is 10.3. The third-order valence-corrected chi connectivity index (χ3v) is 8.47. The highest BCUT2D eigenvalue weighted by Gasteiger charge is 2.39. The summed E-state index contributed by atoms with van der Waals surface area (Å²) in [5.74, 6) is -0.100. The summed E-state index contributed by atoms with van der Waals surface area (Å²) >= 11 is 1.48. The lowest BCUT2D eigenvalue weighted by atomic mass is 9.80. The molecule has 1 saturated heterocycles. The Kier molecular flexibility index (Phi) is 7.00. The lowest BCUT2D eigenvalue weighted by Crippen LogP contribution is -2.46. The van der Waals surface area contributed by atoms with Gasteiger partial charge >= 0.3 is 12.1 Å². The van der Waals surface area contributed by atoms with Crippen molar-refractivity contribution in [3.63, 3.8) is 0 Å². The van der Waals surface area contributed by atoms with Crippen LogP contribution in [-0.4, -0.2) is 58.8 Å². The summed E-state index contributed by atoms with van der Waals surface area (Å²) in [6.07, 6.45) is 2.82. The van der Waals surface area contributed by atoms with Gasteiger partial charge in [-0.15, -0.1) is 11.8 Å². The molecule has 184 valence electrons. The molecule has 3 atom stereocenters. The third kappa shape index (κ3) is 4.89. The van der Waals surface area contributed by atoms with Crippen molar-refractivity contribution in [3.8, 4) is 11.1 Å². The molecule has 7 nitrogen and oxygen atoms in total. The Morgan fingerprint density at radius 1 is 1.03 bits per heavy atom. The number of ether oxygens (including phenoxy) is 1. The van der Waals surface area contributed by atoms with Crippen molar-refractivity contribution in [3.05, 3.63) is 59.7 Å². The molecule has 3 unspecified atom stereocenters. The van der Waals surface area contributed by atoms with E-state index in [1.807, 2.05) is 24.3 Å². The first-order chi connectivity index (χ1) is 17.0. The Morgan fingerprint density at radius 3 is 2.40 bits per heavy atom. The van der Waals surface area contributed by atoms with E-state index >= 15 is 0 Å². The highest BCUT2D eigenvalue weighted by atomic mass is 32.2. The molecule has 8 heteroatoms. The van der Waals surface area contributed by atoms with Crippen LogP contribution in [0.4, 0.5) is 4.79 Å². The number of alkyl carbamates (subject to hydrolysis) is 1. The maximum Gasteiger partial charge on any atom is 0.407 e. The summed E-state index contributed by atoms with van der Waals surface area (Å²) in [5, 5.41) is 12.3. The van der Waals surface area contributed by atoms with Gasteiger partial charge in [-0.3, -0.25) is 4.79 Å². The molecule has 0 spiro atoms. The van der Waals surface area contributed by atoms with Crippen LogP contribution in [0.5, 0.6) is 0 Å². The highest BCUT2D eigenvalue weighted by Crippen LogP contribution is 2.44. The van der Waals surface area contributed by atoms with Crippen LogP contribution in [0.1, 0.15) is 42.7 Å². The molecule has 1 saturated carbocycles. The van der Waals surface area contributed by atoms with Crippen LogP contribution in [0.2, 0.25) is 0 Å². The number of carboxylic acid groups (broad SMARTS) is 1. The van der Waals surface area contributed by atoms with E-state index in [9.17, 15) is 19.5 Å². The molecule has 2 fully saturated rings. The lowest BCUT2D eigenvalue weighted by molar-refractivity contribution is -0.150. The molecule has 2 aliphatic carbocycles. The maximum atomic E-state index is 13.0. The van der Waals surface area contributed by atoms with Crippen molar-refractivity contribution < 1.29 is 24.2 Å². The summed E-state index contributed by atoms with van der Waals surface area (Å²) in [7, 11) is 0. The zero-order valence-electron chi connectivity index (χ0n) is 19.5. The number of amides is 2. The minimum absolute atomic E-state index is 0.0188. The Bertz CT molecular complexity index is 1080. The zero-order chi connectivity index (χ0) is 24.4. The number of carbonyl (C=O) groups is 3. The largest absolute Gasteiger partial charge is 0.480 e. The molecule has 1 aliphatic heterocycles. The lowest BCUT2D eigenvalue weighted by Gasteiger charge is -2.32. The average molecular weight is 495 g/mol. The molecule has 5 rings (SSSR count). The molecule has 2 aromatic carbocycles. The number of hydrogen-bond donors (Lipinski definition) is 2. The number of rotatable bonds is 6. The van der Waals surface area contributed by atoms with Crippen LogP contribution < -0.4 is 5.32 Å². The first kappa shape index (κ1) is 23.7. The highest BCUT2D eigenvalue weighted by molar-refractivity contribution is 7.99. The van der Waals surface area contributed by atoms with Gasteiger partial charge in [-0.05, 0) is 47.4 Å². The van der Waals surface area contributed by atoms with E-state index in [1.54, 1.807) is 0 Å². The van der Waals surface area contributed by atoms with Crippen LogP contribution in [-0.2, 0) is 14.3 Å². The normalized spacial score (nSPS) is 23.4. The van der Waals surface area contributed by atoms with Gasteiger partial charge in [-0.25, -0.2) is 9.59 Å². The topological polar surface area (TPSA) is 95.9 Å². The second-order valence-corrected chi connectivity index (χ2v) is 10.6. The number of carbonyl (C=O) groups excluding carboxylic acids is 2. The predicted molar refractivity (Wildman–Crippen MR) is 134 cm³/mol. The molecule has 2 amide bonds. The van der Waals surface area contributed by atoms with Crippen molar-refractivity contribution in [2.45, 2.75) is 37.6 Å². The predicted octanol–water partition coefficient (Wildman–Crippen LogP) is 4.32. The average Bonchev–Trinajstić information content (AvgIpc) is 3.50. The molecule has 2 aromatic rings. The number of thioether (sulfide) groups is 1. The first-order valence-electron chi connectivity index (χ1n) is 12.2. The molecular weight excluding hydrogens is 464 g/mol. The number of benzene rings is 2. The fourth-order valence-electron chi connectivity index (χ4n) is 5.68. The molecule has 2 N–H and O–H groups in total. The van der Waals surface area contributed by atoms with Gasteiger partial charge in [-0.1, -0.05) is 55.0 Å². The van der Waals surface area contributed by atoms with Crippen LogP contribution in [0, 0.1) is 11.8 Å². The summed E-state index contributed by atoms with van der Waals surface area (Å²) in [5.41, 5.74) is 4.73. The Labute approximate surface area is 209 Å². The van der Waals surface area contributed by atoms with Crippen molar-refractivity contribution >= 4 is 29.7 Å². The molecule has 0 bridgehead atoms. The van der Waals surface area contributed by atoms with E-state index in [2.05, 4.69) is 29.6 Å². The van der Waals surface area contributed by atoms with Crippen molar-refractivity contribution in [2.24, 2.45) is 11.8 Å². The fraction of sp³-hybridized carbons (Fsp3) is 0.444. The standard InChI is InChI=1S/C27H30N2O5S/c30-25(29-16-35-15-24(29)26(31)32)18-7-5-6-17(12-18)13-28-27(33)34-14-23-21-10-3-1-8-19(21)20-9-2-4-11-22(20)23/h1-4,8-11,17-18,23-24H,5-7,12-16H2,(H,28,33)(H,31,32). The zero-order valence-corrected chi connectivity index (χ0v) is 20.3. The van der Waals surface area contributed by atoms with Gasteiger partial charge in [0.05, 0.1) is 5.88 Å². The minimum Gasteiger partial charge on any atom is -0.480 e. The van der Waals surface area contributed by atoms with E-state index in [4.69, 9.17) is 4.74 Å². The van der Waals surface area contributed by atoms with Gasteiger partial charge in [0.25, 0.3) is 0 Å². The molecule has 3 aliphatic rings. The number of nitrogens with one attached hydrogen (secondary N) is 1. The molecule has 35 heavy (non-hydrogen) atoms. The summed E-state index contributed by atoms with van der Waals surface area (Å²) < 4.78 is 5.63. The van der Waals surface area contributed by atoms with Crippen LogP contribution in [0.3, 0.4) is 0 Å². The number of carboxylic acids is 1. The maximum absolute atomic E-state index is 13.0. The quantitative estimate of drug-likeness (QED) is 0.621. The number of hydrogen-bond acceptors (Lipinski definition) is 5. The van der Waals surface area contributed by atoms with Gasteiger partial charge in [-0.2, -0.15) is 0 Å². The smallest absolute Gasteiger partial charge is 0.407 e. The number of aliphatic carboxylic acids is 1. The van der Waals surface area contributed by atoms with Crippen LogP contribution in [0.25, 0.3) is 11.1 Å². The van der Waals surface area contributed by atoms with Crippen molar-refractivity contribution in [1.82, 2.24) is 10.2 Å². The Hall–Kier alpha value is -3.00. The summed E-state index contributed by atoms with van der Waals surface area (Å²) in [6.45, 7) is 0.729. The third-order valence-electron chi connectivity index (χ3n) is 7.46.